The lowest BCUT2D eigenvalue weighted by Gasteiger charge is -2.22. The minimum atomic E-state index is 0.679. The highest BCUT2D eigenvalue weighted by Gasteiger charge is 2.13. The molecule has 0 spiro atoms. The van der Waals surface area contributed by atoms with Crippen LogP contribution in [0.25, 0.3) is 9.88 Å². The summed E-state index contributed by atoms with van der Waals surface area (Å²) in [6.07, 6.45) is 4.48. The normalized spacial score (nSPS) is 19.7. The highest BCUT2D eigenvalue weighted by atomic mass is 32.1. The van der Waals surface area contributed by atoms with Crippen molar-refractivity contribution in [2.75, 3.05) is 19.8 Å². The van der Waals surface area contributed by atoms with Crippen molar-refractivity contribution in [3.05, 3.63) is 28.6 Å². The standard InChI is InChI=1S/C14H18N2OS2/c1-3-11(10-17-5-1)7-15-8-12-9-16-14(19-12)13-4-2-6-18-13/h2,4,6,9,11,15H,1,3,5,7-8,10H2. The summed E-state index contributed by atoms with van der Waals surface area (Å²) >= 11 is 3.53. The van der Waals surface area contributed by atoms with Gasteiger partial charge in [0.15, 0.2) is 0 Å². The lowest BCUT2D eigenvalue weighted by molar-refractivity contribution is 0.0548. The molecule has 3 rings (SSSR count). The topological polar surface area (TPSA) is 34.2 Å². The van der Waals surface area contributed by atoms with Crippen LogP contribution in [0.4, 0.5) is 0 Å². The lowest BCUT2D eigenvalue weighted by atomic mass is 10.0. The van der Waals surface area contributed by atoms with Crippen molar-refractivity contribution in [2.45, 2.75) is 19.4 Å². The molecule has 0 amide bonds. The molecule has 0 saturated carbocycles. The molecule has 3 nitrogen and oxygen atoms in total. The molecule has 2 aromatic rings. The van der Waals surface area contributed by atoms with Crippen LogP contribution in [-0.4, -0.2) is 24.7 Å². The van der Waals surface area contributed by atoms with Crippen molar-refractivity contribution < 1.29 is 4.74 Å². The van der Waals surface area contributed by atoms with Gasteiger partial charge in [0.2, 0.25) is 0 Å². The molecule has 1 N–H and O–H groups in total. The fraction of sp³-hybridized carbons (Fsp3) is 0.500. The maximum absolute atomic E-state index is 5.49. The van der Waals surface area contributed by atoms with Gasteiger partial charge in [-0.3, -0.25) is 0 Å². The van der Waals surface area contributed by atoms with E-state index in [1.165, 1.54) is 22.6 Å². The molecule has 5 heteroatoms. The second kappa shape index (κ2) is 6.61. The molecule has 0 aromatic carbocycles. The predicted octanol–water partition coefficient (Wildman–Crippen LogP) is 3.39. The largest absolute Gasteiger partial charge is 0.381 e. The first-order chi connectivity index (χ1) is 9.42. The summed E-state index contributed by atoms with van der Waals surface area (Å²) in [6.45, 7) is 3.82. The second-order valence-electron chi connectivity index (χ2n) is 4.82. The number of hydrogen-bond acceptors (Lipinski definition) is 5. The first-order valence-corrected chi connectivity index (χ1v) is 8.38. The third kappa shape index (κ3) is 3.63. The van der Waals surface area contributed by atoms with Crippen LogP contribution in [0.15, 0.2) is 23.7 Å². The van der Waals surface area contributed by atoms with E-state index in [-0.39, 0.29) is 0 Å². The van der Waals surface area contributed by atoms with E-state index in [9.17, 15) is 0 Å². The number of thiazole rings is 1. The summed E-state index contributed by atoms with van der Waals surface area (Å²) in [5.41, 5.74) is 0. The van der Waals surface area contributed by atoms with Gasteiger partial charge in [-0.05, 0) is 30.2 Å². The van der Waals surface area contributed by atoms with Crippen molar-refractivity contribution >= 4 is 22.7 Å². The van der Waals surface area contributed by atoms with Crippen LogP contribution in [0.2, 0.25) is 0 Å². The Balaban J connectivity index is 1.48. The zero-order valence-corrected chi connectivity index (χ0v) is 12.4. The zero-order chi connectivity index (χ0) is 12.9. The van der Waals surface area contributed by atoms with E-state index in [2.05, 4.69) is 27.8 Å². The predicted molar refractivity (Wildman–Crippen MR) is 80.7 cm³/mol. The molecular weight excluding hydrogens is 276 g/mol. The van der Waals surface area contributed by atoms with Gasteiger partial charge in [0.1, 0.15) is 5.01 Å². The molecule has 0 radical (unpaired) electrons. The molecule has 0 aliphatic carbocycles. The van der Waals surface area contributed by atoms with Crippen LogP contribution in [0.3, 0.4) is 0 Å². The number of hydrogen-bond donors (Lipinski definition) is 1. The third-order valence-electron chi connectivity index (χ3n) is 3.27. The molecular formula is C14H18N2OS2. The maximum atomic E-state index is 5.49. The van der Waals surface area contributed by atoms with Gasteiger partial charge in [0, 0.05) is 30.8 Å². The highest BCUT2D eigenvalue weighted by molar-refractivity contribution is 7.20. The van der Waals surface area contributed by atoms with E-state index in [0.29, 0.717) is 5.92 Å². The van der Waals surface area contributed by atoms with Gasteiger partial charge < -0.3 is 10.1 Å². The summed E-state index contributed by atoms with van der Waals surface area (Å²) in [6, 6.07) is 4.20. The highest BCUT2D eigenvalue weighted by Crippen LogP contribution is 2.28. The number of thiophene rings is 1. The Labute approximate surface area is 121 Å². The number of rotatable bonds is 5. The molecule has 102 valence electrons. The van der Waals surface area contributed by atoms with Gasteiger partial charge in [0.05, 0.1) is 11.5 Å². The van der Waals surface area contributed by atoms with Crippen molar-refractivity contribution in [3.63, 3.8) is 0 Å². The summed E-state index contributed by atoms with van der Waals surface area (Å²) in [5, 5.41) is 6.75. The van der Waals surface area contributed by atoms with E-state index >= 15 is 0 Å². The Morgan fingerprint density at radius 3 is 3.26 bits per heavy atom. The smallest absolute Gasteiger partial charge is 0.133 e. The second-order valence-corrected chi connectivity index (χ2v) is 6.89. The zero-order valence-electron chi connectivity index (χ0n) is 10.8. The number of nitrogens with zero attached hydrogens (tertiary/aromatic N) is 1. The monoisotopic (exact) mass is 294 g/mol. The molecule has 3 heterocycles. The summed E-state index contributed by atoms with van der Waals surface area (Å²) in [4.78, 5) is 7.06. The van der Waals surface area contributed by atoms with Gasteiger partial charge in [-0.1, -0.05) is 6.07 Å². The minimum Gasteiger partial charge on any atom is -0.381 e. The summed E-state index contributed by atoms with van der Waals surface area (Å²) < 4.78 is 5.49. The Hall–Kier alpha value is -0.750. The van der Waals surface area contributed by atoms with Crippen molar-refractivity contribution in [1.29, 1.82) is 0 Å². The van der Waals surface area contributed by atoms with E-state index in [1.807, 2.05) is 6.20 Å². The average molecular weight is 294 g/mol. The molecule has 1 aliphatic rings. The quantitative estimate of drug-likeness (QED) is 0.918. The average Bonchev–Trinajstić information content (AvgIpc) is 3.10. The Morgan fingerprint density at radius 1 is 1.47 bits per heavy atom. The van der Waals surface area contributed by atoms with Crippen LogP contribution < -0.4 is 5.32 Å². The van der Waals surface area contributed by atoms with Crippen LogP contribution in [0.1, 0.15) is 17.7 Å². The Kier molecular flexibility index (Phi) is 4.61. The van der Waals surface area contributed by atoms with E-state index in [4.69, 9.17) is 4.74 Å². The number of nitrogens with one attached hydrogen (secondary N) is 1. The fourth-order valence-corrected chi connectivity index (χ4v) is 3.96. The molecule has 1 unspecified atom stereocenters. The van der Waals surface area contributed by atoms with Crippen LogP contribution in [0.5, 0.6) is 0 Å². The van der Waals surface area contributed by atoms with E-state index < -0.39 is 0 Å². The molecule has 1 fully saturated rings. The van der Waals surface area contributed by atoms with Crippen LogP contribution >= 0.6 is 22.7 Å². The first-order valence-electron chi connectivity index (χ1n) is 6.69. The fourth-order valence-electron chi connectivity index (χ4n) is 2.27. The van der Waals surface area contributed by atoms with E-state index in [1.54, 1.807) is 22.7 Å². The Morgan fingerprint density at radius 2 is 2.47 bits per heavy atom. The first kappa shape index (κ1) is 13.2. The van der Waals surface area contributed by atoms with Gasteiger partial charge >= 0.3 is 0 Å². The van der Waals surface area contributed by atoms with Crippen LogP contribution in [0, 0.1) is 5.92 Å². The van der Waals surface area contributed by atoms with Gasteiger partial charge in [-0.2, -0.15) is 0 Å². The van der Waals surface area contributed by atoms with Gasteiger partial charge in [-0.15, -0.1) is 22.7 Å². The SMILES string of the molecule is c1csc(-c2ncc(CNCC3CCCOC3)s2)c1. The molecule has 2 aromatic heterocycles. The molecule has 19 heavy (non-hydrogen) atoms. The molecule has 0 bridgehead atoms. The minimum absolute atomic E-state index is 0.679. The lowest BCUT2D eigenvalue weighted by Crippen LogP contribution is -2.28. The number of aromatic nitrogens is 1. The Bertz CT molecular complexity index is 489. The third-order valence-corrected chi connectivity index (χ3v) is 5.31. The molecule has 1 aliphatic heterocycles. The summed E-state index contributed by atoms with van der Waals surface area (Å²) in [5.74, 6) is 0.679. The maximum Gasteiger partial charge on any atom is 0.133 e. The van der Waals surface area contributed by atoms with Gasteiger partial charge in [0.25, 0.3) is 0 Å². The van der Waals surface area contributed by atoms with Crippen LogP contribution in [-0.2, 0) is 11.3 Å². The molecule has 1 saturated heterocycles. The van der Waals surface area contributed by atoms with Crippen molar-refractivity contribution in [1.82, 2.24) is 10.3 Å². The van der Waals surface area contributed by atoms with Crippen molar-refractivity contribution in [2.24, 2.45) is 5.92 Å². The number of ether oxygens (including phenoxy) is 1. The molecule has 1 atom stereocenters. The van der Waals surface area contributed by atoms with Crippen molar-refractivity contribution in [3.8, 4) is 9.88 Å². The summed E-state index contributed by atoms with van der Waals surface area (Å²) in [7, 11) is 0. The van der Waals surface area contributed by atoms with E-state index in [0.717, 1.165) is 31.3 Å². The van der Waals surface area contributed by atoms with Gasteiger partial charge in [-0.25, -0.2) is 4.98 Å².